The van der Waals surface area contributed by atoms with E-state index in [-0.39, 0.29) is 5.91 Å². The van der Waals surface area contributed by atoms with E-state index in [0.29, 0.717) is 0 Å². The second-order valence-electron chi connectivity index (χ2n) is 5.42. The van der Waals surface area contributed by atoms with Gasteiger partial charge < -0.3 is 9.88 Å². The largest absolute Gasteiger partial charge is 0.341 e. The van der Waals surface area contributed by atoms with Crippen LogP contribution in [0.5, 0.6) is 0 Å². The van der Waals surface area contributed by atoms with Gasteiger partial charge in [0.25, 0.3) is 5.91 Å². The van der Waals surface area contributed by atoms with E-state index in [9.17, 15) is 4.79 Å². The summed E-state index contributed by atoms with van der Waals surface area (Å²) in [6.45, 7) is 3.07. The number of amides is 1. The summed E-state index contributed by atoms with van der Waals surface area (Å²) in [4.78, 5) is 13.0. The molecule has 0 radical (unpaired) electrons. The van der Waals surface area contributed by atoms with Gasteiger partial charge in [0.15, 0.2) is 0 Å². The Hall–Kier alpha value is -2.59. The lowest BCUT2D eigenvalue weighted by Crippen LogP contribution is -2.09. The van der Waals surface area contributed by atoms with Crippen molar-refractivity contribution in [3.05, 3.63) is 64.9 Å². The maximum absolute atomic E-state index is 12.2. The molecule has 1 N–H and O–H groups in total. The molecule has 0 saturated carbocycles. The predicted octanol–water partition coefficient (Wildman–Crippen LogP) is 5.13. The van der Waals surface area contributed by atoms with Crippen LogP contribution in [0.4, 0.5) is 5.69 Å². The monoisotopic (exact) mass is 320 g/mol. The summed E-state index contributed by atoms with van der Waals surface area (Å²) in [6, 6.07) is 18.2. The average molecular weight is 320 g/mol. The molecule has 0 saturated heterocycles. The molecule has 114 valence electrons. The Morgan fingerprint density at radius 3 is 2.65 bits per heavy atom. The van der Waals surface area contributed by atoms with Crippen LogP contribution in [0.25, 0.3) is 21.8 Å². The highest BCUT2D eigenvalue weighted by Gasteiger charge is 2.11. The Labute approximate surface area is 138 Å². The van der Waals surface area contributed by atoms with Gasteiger partial charge >= 0.3 is 0 Å². The quantitative estimate of drug-likeness (QED) is 0.558. The number of fused-ring (bicyclic) bond motifs is 3. The molecule has 0 aliphatic carbocycles. The summed E-state index contributed by atoms with van der Waals surface area (Å²) in [5, 5.41) is 7.29. The zero-order valence-electron chi connectivity index (χ0n) is 12.7. The Morgan fingerprint density at radius 2 is 1.87 bits per heavy atom. The van der Waals surface area contributed by atoms with Gasteiger partial charge in [-0.25, -0.2) is 0 Å². The summed E-state index contributed by atoms with van der Waals surface area (Å²) < 4.78 is 2.30. The van der Waals surface area contributed by atoms with Crippen molar-refractivity contribution in [1.29, 1.82) is 0 Å². The van der Waals surface area contributed by atoms with Crippen LogP contribution in [0.1, 0.15) is 16.6 Å². The van der Waals surface area contributed by atoms with Gasteiger partial charge in [-0.05, 0) is 42.6 Å². The molecule has 0 fully saturated rings. The first-order valence-electron chi connectivity index (χ1n) is 7.64. The van der Waals surface area contributed by atoms with E-state index >= 15 is 0 Å². The minimum Gasteiger partial charge on any atom is -0.341 e. The lowest BCUT2D eigenvalue weighted by molar-refractivity contribution is 0.103. The Kier molecular flexibility index (Phi) is 3.39. The third kappa shape index (κ3) is 2.32. The molecule has 4 aromatic rings. The number of hydrogen-bond donors (Lipinski definition) is 1. The SMILES string of the molecule is CCn1c2ccccc2c2cc(NC(=O)c3cccs3)ccc21. The molecule has 3 nitrogen and oxygen atoms in total. The number of para-hydroxylation sites is 1. The second-order valence-corrected chi connectivity index (χ2v) is 6.37. The van der Waals surface area contributed by atoms with Gasteiger partial charge in [-0.3, -0.25) is 4.79 Å². The van der Waals surface area contributed by atoms with Crippen LogP contribution >= 0.6 is 11.3 Å². The number of carbonyl (C=O) groups excluding carboxylic acids is 1. The van der Waals surface area contributed by atoms with Crippen molar-refractivity contribution in [2.75, 3.05) is 5.32 Å². The number of nitrogens with zero attached hydrogens (tertiary/aromatic N) is 1. The van der Waals surface area contributed by atoms with E-state index < -0.39 is 0 Å². The highest BCUT2D eigenvalue weighted by Crippen LogP contribution is 2.31. The molecular weight excluding hydrogens is 304 g/mol. The molecule has 0 bridgehead atoms. The van der Waals surface area contributed by atoms with Crippen LogP contribution in [0.2, 0.25) is 0 Å². The smallest absolute Gasteiger partial charge is 0.265 e. The van der Waals surface area contributed by atoms with Gasteiger partial charge in [-0.2, -0.15) is 0 Å². The molecule has 0 spiro atoms. The Balaban J connectivity index is 1.81. The summed E-state index contributed by atoms with van der Waals surface area (Å²) in [5.41, 5.74) is 3.25. The van der Waals surface area contributed by atoms with Crippen molar-refractivity contribution in [2.24, 2.45) is 0 Å². The fourth-order valence-corrected chi connectivity index (χ4v) is 3.69. The zero-order valence-corrected chi connectivity index (χ0v) is 13.6. The lowest BCUT2D eigenvalue weighted by Gasteiger charge is -2.05. The summed E-state index contributed by atoms with van der Waals surface area (Å²) in [5.74, 6) is -0.0569. The van der Waals surface area contributed by atoms with E-state index in [0.717, 1.165) is 17.1 Å². The number of nitrogens with one attached hydrogen (secondary N) is 1. The molecule has 4 heteroatoms. The number of hydrogen-bond acceptors (Lipinski definition) is 2. The minimum absolute atomic E-state index is 0.0569. The fourth-order valence-electron chi connectivity index (χ4n) is 3.07. The number of aryl methyl sites for hydroxylation is 1. The zero-order chi connectivity index (χ0) is 15.8. The lowest BCUT2D eigenvalue weighted by atomic mass is 10.1. The minimum atomic E-state index is -0.0569. The summed E-state index contributed by atoms with van der Waals surface area (Å²) in [6.07, 6.45) is 0. The van der Waals surface area contributed by atoms with E-state index in [1.54, 1.807) is 0 Å². The van der Waals surface area contributed by atoms with Crippen molar-refractivity contribution in [2.45, 2.75) is 13.5 Å². The maximum atomic E-state index is 12.2. The van der Waals surface area contributed by atoms with Gasteiger partial charge in [0.2, 0.25) is 0 Å². The normalized spacial score (nSPS) is 11.2. The first kappa shape index (κ1) is 14.0. The van der Waals surface area contributed by atoms with E-state index in [1.807, 2.05) is 23.6 Å². The van der Waals surface area contributed by atoms with Crippen molar-refractivity contribution >= 4 is 44.7 Å². The van der Waals surface area contributed by atoms with E-state index in [4.69, 9.17) is 0 Å². The predicted molar refractivity (Wildman–Crippen MR) is 97.4 cm³/mol. The molecule has 0 unspecified atom stereocenters. The van der Waals surface area contributed by atoms with Crippen LogP contribution in [0.3, 0.4) is 0 Å². The maximum Gasteiger partial charge on any atom is 0.265 e. The van der Waals surface area contributed by atoms with Gasteiger partial charge in [0, 0.05) is 34.0 Å². The number of benzene rings is 2. The molecule has 4 rings (SSSR count). The fraction of sp³-hybridized carbons (Fsp3) is 0.105. The molecular formula is C19H16N2OS. The van der Waals surface area contributed by atoms with E-state index in [1.165, 1.54) is 33.1 Å². The highest BCUT2D eigenvalue weighted by atomic mass is 32.1. The molecule has 23 heavy (non-hydrogen) atoms. The highest BCUT2D eigenvalue weighted by molar-refractivity contribution is 7.12. The standard InChI is InChI=1S/C19H16N2OS/c1-2-21-16-7-4-3-6-14(16)15-12-13(9-10-17(15)21)20-19(22)18-8-5-11-23-18/h3-12H,2H2,1H3,(H,20,22). The average Bonchev–Trinajstić information content (AvgIpc) is 3.21. The number of aromatic nitrogens is 1. The number of rotatable bonds is 3. The molecule has 2 aromatic heterocycles. The van der Waals surface area contributed by atoms with Crippen LogP contribution in [0.15, 0.2) is 60.0 Å². The summed E-state index contributed by atoms with van der Waals surface area (Å²) in [7, 11) is 0. The van der Waals surface area contributed by atoms with Gasteiger partial charge in [0.1, 0.15) is 0 Å². The third-order valence-electron chi connectivity index (χ3n) is 4.09. The van der Waals surface area contributed by atoms with Crippen molar-refractivity contribution in [3.63, 3.8) is 0 Å². The topological polar surface area (TPSA) is 34.0 Å². The van der Waals surface area contributed by atoms with Crippen LogP contribution in [-0.4, -0.2) is 10.5 Å². The van der Waals surface area contributed by atoms with Gasteiger partial charge in [-0.1, -0.05) is 24.3 Å². The third-order valence-corrected chi connectivity index (χ3v) is 4.96. The molecule has 2 aromatic carbocycles. The van der Waals surface area contributed by atoms with E-state index in [2.05, 4.69) is 53.2 Å². The van der Waals surface area contributed by atoms with Gasteiger partial charge in [-0.15, -0.1) is 11.3 Å². The number of anilines is 1. The second kappa shape index (κ2) is 5.56. The van der Waals surface area contributed by atoms with Crippen molar-refractivity contribution in [1.82, 2.24) is 4.57 Å². The van der Waals surface area contributed by atoms with Crippen LogP contribution < -0.4 is 5.32 Å². The Morgan fingerprint density at radius 1 is 1.04 bits per heavy atom. The van der Waals surface area contributed by atoms with Crippen molar-refractivity contribution < 1.29 is 4.79 Å². The molecule has 0 atom stereocenters. The first-order chi connectivity index (χ1) is 11.3. The van der Waals surface area contributed by atoms with Crippen LogP contribution in [-0.2, 0) is 6.54 Å². The number of carbonyl (C=O) groups is 1. The molecule has 2 heterocycles. The Bertz CT molecular complexity index is 999. The molecule has 1 amide bonds. The first-order valence-corrected chi connectivity index (χ1v) is 8.51. The number of thiophene rings is 1. The molecule has 0 aliphatic rings. The van der Waals surface area contributed by atoms with Crippen LogP contribution in [0, 0.1) is 0 Å². The van der Waals surface area contributed by atoms with Gasteiger partial charge in [0.05, 0.1) is 4.88 Å². The summed E-state index contributed by atoms with van der Waals surface area (Å²) >= 11 is 1.45. The molecule has 0 aliphatic heterocycles. The van der Waals surface area contributed by atoms with Crippen molar-refractivity contribution in [3.8, 4) is 0 Å².